The highest BCUT2D eigenvalue weighted by molar-refractivity contribution is 7.92. The molecule has 0 atom stereocenters. The molecule has 2 aromatic carbocycles. The number of hydrogen-bond donors (Lipinski definition) is 1. The minimum Gasteiger partial charge on any atom is -0.271 e. The van der Waals surface area contributed by atoms with Gasteiger partial charge in [0.25, 0.3) is 5.91 Å². The lowest BCUT2D eigenvalue weighted by atomic mass is 10.2. The largest absolute Gasteiger partial charge is 0.271 e. The van der Waals surface area contributed by atoms with Crippen LogP contribution in [0.3, 0.4) is 0 Å². The molecule has 2 rings (SSSR count). The molecule has 0 spiro atoms. The summed E-state index contributed by atoms with van der Waals surface area (Å²) in [6, 6.07) is 11.9. The van der Waals surface area contributed by atoms with Crippen LogP contribution in [0.4, 0.5) is 10.1 Å². The third-order valence-electron chi connectivity index (χ3n) is 3.10. The van der Waals surface area contributed by atoms with Crippen molar-refractivity contribution in [3.05, 3.63) is 64.9 Å². The number of sulfonamides is 1. The van der Waals surface area contributed by atoms with Gasteiger partial charge in [0, 0.05) is 10.6 Å². The summed E-state index contributed by atoms with van der Waals surface area (Å²) in [7, 11) is -3.69. The van der Waals surface area contributed by atoms with Gasteiger partial charge in [-0.05, 0) is 30.3 Å². The predicted octanol–water partition coefficient (Wildman–Crippen LogP) is 2.40. The average Bonchev–Trinajstić information content (AvgIpc) is 2.54. The number of anilines is 1. The van der Waals surface area contributed by atoms with Crippen molar-refractivity contribution in [1.82, 2.24) is 5.43 Å². The summed E-state index contributed by atoms with van der Waals surface area (Å²) in [4.78, 5) is 12.0. The number of halogens is 2. The minimum absolute atomic E-state index is 0.195. The van der Waals surface area contributed by atoms with E-state index < -0.39 is 28.3 Å². The van der Waals surface area contributed by atoms with E-state index in [4.69, 9.17) is 11.6 Å². The number of carbonyl (C=O) groups is 1. The summed E-state index contributed by atoms with van der Waals surface area (Å²) in [6.45, 7) is -0.477. The Morgan fingerprint density at radius 3 is 2.48 bits per heavy atom. The second kappa shape index (κ2) is 8.09. The summed E-state index contributed by atoms with van der Waals surface area (Å²) >= 11 is 5.78. The third kappa shape index (κ3) is 5.54. The second-order valence-corrected chi connectivity index (χ2v) is 7.40. The molecule has 132 valence electrons. The highest BCUT2D eigenvalue weighted by Crippen LogP contribution is 2.20. The molecule has 6 nitrogen and oxygen atoms in total. The molecule has 1 N–H and O–H groups in total. The van der Waals surface area contributed by atoms with Crippen molar-refractivity contribution in [3.63, 3.8) is 0 Å². The van der Waals surface area contributed by atoms with Crippen molar-refractivity contribution in [2.24, 2.45) is 5.10 Å². The number of hydrogen-bond acceptors (Lipinski definition) is 4. The van der Waals surface area contributed by atoms with Crippen molar-refractivity contribution in [2.45, 2.75) is 0 Å². The van der Waals surface area contributed by atoms with Crippen LogP contribution in [0, 0.1) is 5.82 Å². The standard InChI is InChI=1S/C16H15ClFN3O3S/c1-25(23,24)21(14-8-6-13(17)7-9-14)11-16(22)20-19-10-12-4-2-3-5-15(12)18/h2-10H,11H2,1H3,(H,20,22)/b19-10-. The van der Waals surface area contributed by atoms with Gasteiger partial charge in [-0.15, -0.1) is 0 Å². The lowest BCUT2D eigenvalue weighted by Gasteiger charge is -2.21. The van der Waals surface area contributed by atoms with Crippen LogP contribution >= 0.6 is 11.6 Å². The highest BCUT2D eigenvalue weighted by Gasteiger charge is 2.20. The zero-order valence-electron chi connectivity index (χ0n) is 13.2. The van der Waals surface area contributed by atoms with Crippen LogP contribution < -0.4 is 9.73 Å². The summed E-state index contributed by atoms with van der Waals surface area (Å²) in [5, 5.41) is 4.08. The molecule has 0 saturated heterocycles. The van der Waals surface area contributed by atoms with Crippen LogP contribution in [-0.2, 0) is 14.8 Å². The van der Waals surface area contributed by atoms with Gasteiger partial charge in [-0.1, -0.05) is 29.8 Å². The molecule has 0 aliphatic rings. The fraction of sp³-hybridized carbons (Fsp3) is 0.125. The van der Waals surface area contributed by atoms with Gasteiger partial charge >= 0.3 is 0 Å². The molecule has 0 radical (unpaired) electrons. The van der Waals surface area contributed by atoms with Gasteiger partial charge in [-0.3, -0.25) is 9.10 Å². The second-order valence-electron chi connectivity index (χ2n) is 5.06. The maximum atomic E-state index is 13.4. The molecule has 2 aromatic rings. The van der Waals surface area contributed by atoms with Crippen LogP contribution in [0.15, 0.2) is 53.6 Å². The zero-order valence-corrected chi connectivity index (χ0v) is 14.8. The Bertz CT molecular complexity index is 886. The van der Waals surface area contributed by atoms with Gasteiger partial charge in [0.15, 0.2) is 0 Å². The molecule has 0 bridgehead atoms. The number of rotatable bonds is 6. The highest BCUT2D eigenvalue weighted by atomic mass is 35.5. The van der Waals surface area contributed by atoms with Crippen LogP contribution in [0.2, 0.25) is 5.02 Å². The Morgan fingerprint density at radius 2 is 1.88 bits per heavy atom. The number of hydrazone groups is 1. The van der Waals surface area contributed by atoms with Crippen molar-refractivity contribution in [2.75, 3.05) is 17.1 Å². The first-order valence-electron chi connectivity index (χ1n) is 7.07. The van der Waals surface area contributed by atoms with Crippen molar-refractivity contribution in [1.29, 1.82) is 0 Å². The average molecular weight is 384 g/mol. The monoisotopic (exact) mass is 383 g/mol. The number of carbonyl (C=O) groups excluding carboxylic acids is 1. The van der Waals surface area contributed by atoms with Gasteiger partial charge < -0.3 is 0 Å². The quantitative estimate of drug-likeness (QED) is 0.614. The molecule has 0 heterocycles. The Morgan fingerprint density at radius 1 is 1.24 bits per heavy atom. The van der Waals surface area contributed by atoms with Gasteiger partial charge in [-0.25, -0.2) is 18.2 Å². The molecule has 0 aliphatic heterocycles. The van der Waals surface area contributed by atoms with E-state index >= 15 is 0 Å². The minimum atomic E-state index is -3.69. The van der Waals surface area contributed by atoms with Crippen molar-refractivity contribution < 1.29 is 17.6 Å². The van der Waals surface area contributed by atoms with Crippen LogP contribution in [-0.4, -0.2) is 33.3 Å². The number of nitrogens with zero attached hydrogens (tertiary/aromatic N) is 2. The Hall–Kier alpha value is -2.45. The fourth-order valence-corrected chi connectivity index (χ4v) is 2.91. The number of amides is 1. The Kier molecular flexibility index (Phi) is 6.11. The van der Waals surface area contributed by atoms with Crippen molar-refractivity contribution in [3.8, 4) is 0 Å². The van der Waals surface area contributed by atoms with E-state index in [9.17, 15) is 17.6 Å². The SMILES string of the molecule is CS(=O)(=O)N(CC(=O)N/N=C\c1ccccc1F)c1ccc(Cl)cc1. The molecule has 25 heavy (non-hydrogen) atoms. The molecule has 1 amide bonds. The summed E-state index contributed by atoms with van der Waals surface area (Å²) in [5.74, 6) is -1.16. The number of benzene rings is 2. The Labute approximate surface area is 150 Å². The normalized spacial score (nSPS) is 11.5. The first kappa shape index (κ1) is 18.9. The lowest BCUT2D eigenvalue weighted by Crippen LogP contribution is -2.39. The summed E-state index contributed by atoms with van der Waals surface area (Å²) in [5.41, 5.74) is 2.66. The first-order valence-corrected chi connectivity index (χ1v) is 9.30. The molecular formula is C16H15ClFN3O3S. The van der Waals surface area contributed by atoms with E-state index in [0.717, 1.165) is 16.8 Å². The van der Waals surface area contributed by atoms with E-state index in [0.29, 0.717) is 10.7 Å². The maximum absolute atomic E-state index is 13.4. The van der Waals surface area contributed by atoms with E-state index in [2.05, 4.69) is 10.5 Å². The summed E-state index contributed by atoms with van der Waals surface area (Å²) in [6.07, 6.45) is 2.12. The smallest absolute Gasteiger partial charge is 0.260 e. The Balaban J connectivity index is 2.07. The predicted molar refractivity (Wildman–Crippen MR) is 95.8 cm³/mol. The number of nitrogens with one attached hydrogen (secondary N) is 1. The molecule has 0 unspecified atom stereocenters. The summed E-state index contributed by atoms with van der Waals surface area (Å²) < 4.78 is 38.2. The van der Waals surface area contributed by atoms with Gasteiger partial charge in [0.2, 0.25) is 10.0 Å². The van der Waals surface area contributed by atoms with Crippen LogP contribution in [0.5, 0.6) is 0 Å². The molecule has 0 fully saturated rings. The fourth-order valence-electron chi connectivity index (χ4n) is 1.93. The molecule has 0 aromatic heterocycles. The molecule has 9 heteroatoms. The van der Waals surface area contributed by atoms with E-state index in [1.165, 1.54) is 42.5 Å². The van der Waals surface area contributed by atoms with Gasteiger partial charge in [0.05, 0.1) is 18.2 Å². The molecule has 0 saturated carbocycles. The van der Waals surface area contributed by atoms with E-state index in [1.807, 2.05) is 0 Å². The van der Waals surface area contributed by atoms with Gasteiger partial charge in [0.1, 0.15) is 12.4 Å². The lowest BCUT2D eigenvalue weighted by molar-refractivity contribution is -0.119. The third-order valence-corrected chi connectivity index (χ3v) is 4.49. The zero-order chi connectivity index (χ0) is 18.4. The van der Waals surface area contributed by atoms with Crippen molar-refractivity contribution >= 4 is 39.4 Å². The van der Waals surface area contributed by atoms with Crippen LogP contribution in [0.25, 0.3) is 0 Å². The van der Waals surface area contributed by atoms with Gasteiger partial charge in [-0.2, -0.15) is 5.10 Å². The van der Waals surface area contributed by atoms with E-state index in [-0.39, 0.29) is 5.56 Å². The molecular weight excluding hydrogens is 369 g/mol. The van der Waals surface area contributed by atoms with Crippen LogP contribution in [0.1, 0.15) is 5.56 Å². The topological polar surface area (TPSA) is 78.8 Å². The first-order chi connectivity index (χ1) is 11.8. The van der Waals surface area contributed by atoms with E-state index in [1.54, 1.807) is 6.07 Å². The molecule has 0 aliphatic carbocycles. The maximum Gasteiger partial charge on any atom is 0.260 e.